The van der Waals surface area contributed by atoms with Crippen molar-refractivity contribution in [1.29, 1.82) is 0 Å². The smallest absolute Gasteiger partial charge is 0.231 e. The highest BCUT2D eigenvalue weighted by molar-refractivity contribution is 5.46. The largest absolute Gasteiger partial charge is 0.454 e. The molecule has 1 aliphatic heterocycles. The van der Waals surface area contributed by atoms with Gasteiger partial charge in [-0.15, -0.1) is 0 Å². The normalized spacial score (nSPS) is 14.0. The van der Waals surface area contributed by atoms with E-state index in [-0.39, 0.29) is 13.3 Å². The molecule has 6 heteroatoms. The monoisotopic (exact) mass is 293 g/mol. The van der Waals surface area contributed by atoms with E-state index in [0.29, 0.717) is 22.7 Å². The number of rotatable bonds is 4. The summed E-state index contributed by atoms with van der Waals surface area (Å²) >= 11 is 0. The number of hydrogen-bond donors (Lipinski definition) is 2. The number of halogens is 2. The van der Waals surface area contributed by atoms with E-state index in [9.17, 15) is 13.9 Å². The SMILES string of the molecule is OC(CNc1ccc(F)c(F)c1)c1ccc2c(c1)OCO2. The third kappa shape index (κ3) is 2.90. The van der Waals surface area contributed by atoms with Gasteiger partial charge in [-0.05, 0) is 29.8 Å². The Labute approximate surface area is 119 Å². The van der Waals surface area contributed by atoms with Crippen molar-refractivity contribution in [3.63, 3.8) is 0 Å². The van der Waals surface area contributed by atoms with Gasteiger partial charge in [0.05, 0.1) is 6.10 Å². The fraction of sp³-hybridized carbons (Fsp3) is 0.200. The van der Waals surface area contributed by atoms with Gasteiger partial charge in [-0.3, -0.25) is 0 Å². The van der Waals surface area contributed by atoms with Crippen LogP contribution in [0.4, 0.5) is 14.5 Å². The van der Waals surface area contributed by atoms with Gasteiger partial charge in [0.1, 0.15) is 0 Å². The van der Waals surface area contributed by atoms with E-state index >= 15 is 0 Å². The van der Waals surface area contributed by atoms with E-state index in [1.54, 1.807) is 18.2 Å². The summed E-state index contributed by atoms with van der Waals surface area (Å²) in [5, 5.41) is 13.0. The third-order valence-corrected chi connectivity index (χ3v) is 3.20. The van der Waals surface area contributed by atoms with E-state index in [4.69, 9.17) is 9.47 Å². The lowest BCUT2D eigenvalue weighted by molar-refractivity contribution is 0.173. The first-order valence-electron chi connectivity index (χ1n) is 6.40. The highest BCUT2D eigenvalue weighted by Gasteiger charge is 2.16. The Morgan fingerprint density at radius 1 is 1.05 bits per heavy atom. The maximum atomic E-state index is 13.1. The second-order valence-electron chi connectivity index (χ2n) is 4.64. The number of aliphatic hydroxyl groups excluding tert-OH is 1. The molecule has 0 radical (unpaired) electrons. The average molecular weight is 293 g/mol. The van der Waals surface area contributed by atoms with Gasteiger partial charge in [-0.25, -0.2) is 8.78 Å². The Bertz CT molecular complexity index is 663. The van der Waals surface area contributed by atoms with Gasteiger partial charge in [0, 0.05) is 18.3 Å². The second kappa shape index (κ2) is 5.57. The van der Waals surface area contributed by atoms with Gasteiger partial charge in [0.25, 0.3) is 0 Å². The molecule has 2 aromatic carbocycles. The highest BCUT2D eigenvalue weighted by Crippen LogP contribution is 2.34. The molecule has 3 rings (SSSR count). The lowest BCUT2D eigenvalue weighted by Gasteiger charge is -2.14. The van der Waals surface area contributed by atoms with Crippen molar-refractivity contribution in [2.45, 2.75) is 6.10 Å². The van der Waals surface area contributed by atoms with Crippen molar-refractivity contribution in [2.75, 3.05) is 18.7 Å². The molecule has 1 heterocycles. The van der Waals surface area contributed by atoms with Crippen LogP contribution in [0.15, 0.2) is 36.4 Å². The molecule has 1 unspecified atom stereocenters. The Hall–Kier alpha value is -2.34. The Morgan fingerprint density at radius 2 is 1.86 bits per heavy atom. The average Bonchev–Trinajstić information content (AvgIpc) is 2.95. The number of anilines is 1. The van der Waals surface area contributed by atoms with Gasteiger partial charge in [-0.1, -0.05) is 6.07 Å². The summed E-state index contributed by atoms with van der Waals surface area (Å²) in [5.41, 5.74) is 1.04. The minimum absolute atomic E-state index is 0.157. The molecule has 0 saturated heterocycles. The van der Waals surface area contributed by atoms with Crippen LogP contribution in [-0.2, 0) is 0 Å². The maximum Gasteiger partial charge on any atom is 0.231 e. The highest BCUT2D eigenvalue weighted by atomic mass is 19.2. The van der Waals surface area contributed by atoms with Crippen molar-refractivity contribution in [2.24, 2.45) is 0 Å². The number of fused-ring (bicyclic) bond motifs is 1. The van der Waals surface area contributed by atoms with Crippen LogP contribution >= 0.6 is 0 Å². The van der Waals surface area contributed by atoms with Crippen LogP contribution in [0.2, 0.25) is 0 Å². The zero-order chi connectivity index (χ0) is 14.8. The molecule has 2 aromatic rings. The fourth-order valence-electron chi connectivity index (χ4n) is 2.06. The molecule has 0 bridgehead atoms. The van der Waals surface area contributed by atoms with Crippen molar-refractivity contribution in [3.8, 4) is 11.5 Å². The Morgan fingerprint density at radius 3 is 2.67 bits per heavy atom. The molecule has 0 saturated carbocycles. The molecule has 2 N–H and O–H groups in total. The van der Waals surface area contributed by atoms with Crippen LogP contribution in [0.3, 0.4) is 0 Å². The quantitative estimate of drug-likeness (QED) is 0.910. The van der Waals surface area contributed by atoms with Crippen LogP contribution in [-0.4, -0.2) is 18.4 Å². The maximum absolute atomic E-state index is 13.1. The second-order valence-corrected chi connectivity index (χ2v) is 4.64. The van der Waals surface area contributed by atoms with E-state index in [1.807, 2.05) is 0 Å². The summed E-state index contributed by atoms with van der Waals surface area (Å²) in [6, 6.07) is 8.63. The first-order chi connectivity index (χ1) is 10.1. The molecule has 0 aliphatic carbocycles. The van der Waals surface area contributed by atoms with Gasteiger partial charge >= 0.3 is 0 Å². The van der Waals surface area contributed by atoms with E-state index in [0.717, 1.165) is 12.1 Å². The standard InChI is InChI=1S/C15H13F2NO3/c16-11-3-2-10(6-12(11)17)18-7-13(19)9-1-4-14-15(5-9)21-8-20-14/h1-6,13,18-19H,7-8H2. The topological polar surface area (TPSA) is 50.7 Å². The number of benzene rings is 2. The zero-order valence-corrected chi connectivity index (χ0v) is 11.0. The van der Waals surface area contributed by atoms with Crippen LogP contribution < -0.4 is 14.8 Å². The number of nitrogens with one attached hydrogen (secondary N) is 1. The van der Waals surface area contributed by atoms with Crippen molar-refractivity contribution < 1.29 is 23.4 Å². The van der Waals surface area contributed by atoms with Crippen LogP contribution in [0.1, 0.15) is 11.7 Å². The minimum atomic E-state index is -0.933. The Balaban J connectivity index is 1.66. The molecule has 1 atom stereocenters. The zero-order valence-electron chi connectivity index (χ0n) is 11.0. The molecular weight excluding hydrogens is 280 g/mol. The van der Waals surface area contributed by atoms with Crippen molar-refractivity contribution in [1.82, 2.24) is 0 Å². The molecule has 4 nitrogen and oxygen atoms in total. The minimum Gasteiger partial charge on any atom is -0.454 e. The van der Waals surface area contributed by atoms with Gasteiger partial charge in [-0.2, -0.15) is 0 Å². The van der Waals surface area contributed by atoms with Crippen molar-refractivity contribution >= 4 is 5.69 Å². The van der Waals surface area contributed by atoms with Crippen LogP contribution in [0.25, 0.3) is 0 Å². The summed E-state index contributed by atoms with van der Waals surface area (Å²) in [7, 11) is 0. The first kappa shape index (κ1) is 13.6. The molecule has 0 spiro atoms. The number of hydrogen-bond acceptors (Lipinski definition) is 4. The van der Waals surface area contributed by atoms with Crippen molar-refractivity contribution in [3.05, 3.63) is 53.6 Å². The van der Waals surface area contributed by atoms with Crippen LogP contribution in [0.5, 0.6) is 11.5 Å². The molecule has 1 aliphatic rings. The third-order valence-electron chi connectivity index (χ3n) is 3.20. The van der Waals surface area contributed by atoms with Gasteiger partial charge in [0.15, 0.2) is 23.1 Å². The summed E-state index contributed by atoms with van der Waals surface area (Å²) in [6.07, 6.45) is -0.812. The molecular formula is C15H13F2NO3. The van der Waals surface area contributed by atoms with Gasteiger partial charge in [0.2, 0.25) is 6.79 Å². The van der Waals surface area contributed by atoms with E-state index in [2.05, 4.69) is 5.32 Å². The molecule has 0 amide bonds. The Kier molecular flexibility index (Phi) is 3.62. The first-order valence-corrected chi connectivity index (χ1v) is 6.40. The molecule has 21 heavy (non-hydrogen) atoms. The summed E-state index contributed by atoms with van der Waals surface area (Å²) in [5.74, 6) is -0.617. The predicted molar refractivity (Wildman–Crippen MR) is 72.4 cm³/mol. The number of aliphatic hydroxyl groups is 1. The summed E-state index contributed by atoms with van der Waals surface area (Å²) in [4.78, 5) is 0. The molecule has 110 valence electrons. The predicted octanol–water partition coefficient (Wildman–Crippen LogP) is 2.84. The fourth-order valence-corrected chi connectivity index (χ4v) is 2.06. The summed E-state index contributed by atoms with van der Waals surface area (Å²) < 4.78 is 36.3. The molecule has 0 aromatic heterocycles. The number of ether oxygens (including phenoxy) is 2. The lowest BCUT2D eigenvalue weighted by Crippen LogP contribution is -2.12. The van der Waals surface area contributed by atoms with Crippen LogP contribution in [0, 0.1) is 11.6 Å². The van der Waals surface area contributed by atoms with E-state index < -0.39 is 17.7 Å². The van der Waals surface area contributed by atoms with Gasteiger partial charge < -0.3 is 19.9 Å². The lowest BCUT2D eigenvalue weighted by atomic mass is 10.1. The summed E-state index contributed by atoms with van der Waals surface area (Å²) in [6.45, 7) is 0.326. The molecule has 0 fully saturated rings. The van der Waals surface area contributed by atoms with E-state index in [1.165, 1.54) is 6.07 Å².